The molecular formula is C25H23ClN2O5S. The Morgan fingerprint density at radius 3 is 2.56 bits per heavy atom. The van der Waals surface area contributed by atoms with Gasteiger partial charge in [-0.1, -0.05) is 53.3 Å². The van der Waals surface area contributed by atoms with E-state index in [1.165, 1.54) is 23.0 Å². The maximum atomic E-state index is 13.6. The molecule has 1 unspecified atom stereocenters. The molecule has 7 nitrogen and oxygen atoms in total. The third kappa shape index (κ3) is 4.70. The molecule has 34 heavy (non-hydrogen) atoms. The number of methoxy groups -OCH3 is 2. The summed E-state index contributed by atoms with van der Waals surface area (Å²) >= 11 is 7.79. The lowest BCUT2D eigenvalue weighted by Gasteiger charge is -2.25. The number of carbonyl (C=O) groups is 1. The van der Waals surface area contributed by atoms with Crippen LogP contribution in [0.15, 0.2) is 69.6 Å². The van der Waals surface area contributed by atoms with Gasteiger partial charge in [0.05, 0.1) is 29.5 Å². The van der Waals surface area contributed by atoms with Crippen molar-refractivity contribution in [2.45, 2.75) is 13.0 Å². The first-order valence-corrected chi connectivity index (χ1v) is 11.7. The molecule has 1 aliphatic heterocycles. The highest BCUT2D eigenvalue weighted by atomic mass is 35.5. The molecule has 0 amide bonds. The van der Waals surface area contributed by atoms with E-state index in [1.54, 1.807) is 38.3 Å². The van der Waals surface area contributed by atoms with E-state index in [-0.39, 0.29) is 24.3 Å². The number of hydrogen-bond acceptors (Lipinski definition) is 7. The highest BCUT2D eigenvalue weighted by Crippen LogP contribution is 2.34. The number of esters is 1. The molecule has 4 rings (SSSR count). The van der Waals surface area contributed by atoms with Crippen molar-refractivity contribution in [2.75, 3.05) is 27.4 Å². The Hall–Kier alpha value is -3.20. The first-order chi connectivity index (χ1) is 16.4. The fraction of sp³-hybridized carbons (Fsp3) is 0.240. The average Bonchev–Trinajstić information content (AvgIpc) is 3.13. The molecule has 0 fully saturated rings. The predicted molar refractivity (Wildman–Crippen MR) is 131 cm³/mol. The zero-order chi connectivity index (χ0) is 24.2. The summed E-state index contributed by atoms with van der Waals surface area (Å²) < 4.78 is 17.6. The second-order valence-corrected chi connectivity index (χ2v) is 8.92. The standard InChI is InChI=1S/C25H23ClN2O5S/c1-15-21(24(30)33-13-12-31-2)22(18-6-4-5-7-19(18)26)28-23(29)20(34-25(28)27-15)14-16-8-10-17(32-3)11-9-16/h4-11,14,22H,12-13H2,1-3H3/b20-14-. The molecule has 176 valence electrons. The number of rotatable bonds is 7. The van der Waals surface area contributed by atoms with E-state index in [9.17, 15) is 9.59 Å². The number of ether oxygens (including phenoxy) is 3. The summed E-state index contributed by atoms with van der Waals surface area (Å²) in [7, 11) is 3.13. The zero-order valence-electron chi connectivity index (χ0n) is 18.9. The summed E-state index contributed by atoms with van der Waals surface area (Å²) in [4.78, 5) is 31.7. The second kappa shape index (κ2) is 10.4. The van der Waals surface area contributed by atoms with Gasteiger partial charge in [0.25, 0.3) is 5.56 Å². The Labute approximate surface area is 205 Å². The molecule has 0 bridgehead atoms. The summed E-state index contributed by atoms with van der Waals surface area (Å²) in [5.41, 5.74) is 1.95. The summed E-state index contributed by atoms with van der Waals surface area (Å²) in [5, 5.41) is 0.439. The smallest absolute Gasteiger partial charge is 0.338 e. The van der Waals surface area contributed by atoms with Gasteiger partial charge in [0, 0.05) is 12.1 Å². The first kappa shape index (κ1) is 23.9. The van der Waals surface area contributed by atoms with Crippen molar-refractivity contribution in [3.8, 4) is 5.75 Å². The van der Waals surface area contributed by atoms with Gasteiger partial charge >= 0.3 is 5.97 Å². The van der Waals surface area contributed by atoms with Crippen molar-refractivity contribution < 1.29 is 19.0 Å². The summed E-state index contributed by atoms with van der Waals surface area (Å²) in [6, 6.07) is 13.8. The van der Waals surface area contributed by atoms with Gasteiger partial charge in [0.2, 0.25) is 0 Å². The van der Waals surface area contributed by atoms with Gasteiger partial charge in [-0.3, -0.25) is 9.36 Å². The largest absolute Gasteiger partial charge is 0.497 e. The van der Waals surface area contributed by atoms with E-state index in [1.807, 2.05) is 30.3 Å². The van der Waals surface area contributed by atoms with E-state index in [2.05, 4.69) is 4.99 Å². The minimum Gasteiger partial charge on any atom is -0.497 e. The number of carbonyl (C=O) groups excluding carboxylic acids is 1. The topological polar surface area (TPSA) is 79.1 Å². The molecule has 0 N–H and O–H groups in total. The summed E-state index contributed by atoms with van der Waals surface area (Å²) in [5.74, 6) is 0.164. The first-order valence-electron chi connectivity index (χ1n) is 10.5. The molecular weight excluding hydrogens is 476 g/mol. The third-order valence-corrected chi connectivity index (χ3v) is 6.70. The maximum Gasteiger partial charge on any atom is 0.338 e. The molecule has 0 radical (unpaired) electrons. The quantitative estimate of drug-likeness (QED) is 0.369. The van der Waals surface area contributed by atoms with E-state index in [0.717, 1.165) is 11.3 Å². The molecule has 0 saturated heterocycles. The molecule has 2 heterocycles. The zero-order valence-corrected chi connectivity index (χ0v) is 20.5. The van der Waals surface area contributed by atoms with Gasteiger partial charge in [0.1, 0.15) is 18.4 Å². The van der Waals surface area contributed by atoms with Crippen molar-refractivity contribution >= 4 is 35.0 Å². The van der Waals surface area contributed by atoms with Crippen molar-refractivity contribution in [1.82, 2.24) is 4.57 Å². The van der Waals surface area contributed by atoms with Gasteiger partial charge in [-0.2, -0.15) is 0 Å². The van der Waals surface area contributed by atoms with Crippen LogP contribution < -0.4 is 19.6 Å². The molecule has 0 aliphatic carbocycles. The minimum atomic E-state index is -0.766. The average molecular weight is 499 g/mol. The molecule has 0 spiro atoms. The predicted octanol–water partition coefficient (Wildman–Crippen LogP) is 3.09. The highest BCUT2D eigenvalue weighted by Gasteiger charge is 2.34. The third-order valence-electron chi connectivity index (χ3n) is 5.38. The number of aromatic nitrogens is 1. The van der Waals surface area contributed by atoms with Gasteiger partial charge < -0.3 is 14.2 Å². The van der Waals surface area contributed by atoms with E-state index in [4.69, 9.17) is 25.8 Å². The molecule has 1 aromatic heterocycles. The Balaban J connectivity index is 1.88. The SMILES string of the molecule is COCCOC(=O)C1=C(C)N=c2s/c(=C\c3ccc(OC)cc3)c(=O)n2C1c1ccccc1Cl. The Morgan fingerprint density at radius 2 is 1.88 bits per heavy atom. The van der Waals surface area contributed by atoms with E-state index >= 15 is 0 Å². The molecule has 1 atom stereocenters. The Morgan fingerprint density at radius 1 is 1.15 bits per heavy atom. The van der Waals surface area contributed by atoms with Crippen molar-refractivity contribution in [3.05, 3.63) is 95.6 Å². The van der Waals surface area contributed by atoms with E-state index in [0.29, 0.717) is 25.6 Å². The maximum absolute atomic E-state index is 13.6. The number of fused-ring (bicyclic) bond motifs is 1. The van der Waals surface area contributed by atoms with Crippen LogP contribution in [0.5, 0.6) is 5.75 Å². The Kier molecular flexibility index (Phi) is 7.31. The van der Waals surface area contributed by atoms with Crippen LogP contribution in [-0.2, 0) is 14.3 Å². The second-order valence-electron chi connectivity index (χ2n) is 7.51. The Bertz CT molecular complexity index is 1420. The molecule has 3 aromatic rings. The fourth-order valence-electron chi connectivity index (χ4n) is 3.72. The number of benzene rings is 2. The summed E-state index contributed by atoms with van der Waals surface area (Å²) in [6.45, 7) is 2.08. The highest BCUT2D eigenvalue weighted by molar-refractivity contribution is 7.07. The van der Waals surface area contributed by atoms with Gasteiger partial charge in [0.15, 0.2) is 4.80 Å². The normalized spacial score (nSPS) is 15.6. The molecule has 2 aromatic carbocycles. The lowest BCUT2D eigenvalue weighted by molar-refractivity contribution is -0.140. The van der Waals surface area contributed by atoms with Crippen molar-refractivity contribution in [3.63, 3.8) is 0 Å². The number of nitrogens with zero attached hydrogens (tertiary/aromatic N) is 2. The lowest BCUT2D eigenvalue weighted by atomic mass is 9.96. The minimum absolute atomic E-state index is 0.0866. The van der Waals surface area contributed by atoms with Crippen LogP contribution >= 0.6 is 22.9 Å². The van der Waals surface area contributed by atoms with Gasteiger partial charge in [-0.15, -0.1) is 0 Å². The molecule has 9 heteroatoms. The number of halogens is 1. The summed E-state index contributed by atoms with van der Waals surface area (Å²) in [6.07, 6.45) is 1.79. The van der Waals surface area contributed by atoms with Crippen LogP contribution in [0.2, 0.25) is 5.02 Å². The number of thiazole rings is 1. The van der Waals surface area contributed by atoms with Crippen molar-refractivity contribution in [2.24, 2.45) is 4.99 Å². The van der Waals surface area contributed by atoms with Crippen LogP contribution in [0, 0.1) is 0 Å². The fourth-order valence-corrected chi connectivity index (χ4v) is 5.01. The van der Waals surface area contributed by atoms with Gasteiger partial charge in [-0.05, 0) is 42.3 Å². The van der Waals surface area contributed by atoms with Crippen LogP contribution in [0.3, 0.4) is 0 Å². The monoisotopic (exact) mass is 498 g/mol. The molecule has 0 saturated carbocycles. The van der Waals surface area contributed by atoms with Crippen LogP contribution in [-0.4, -0.2) is 38.0 Å². The van der Waals surface area contributed by atoms with Crippen LogP contribution in [0.25, 0.3) is 6.08 Å². The van der Waals surface area contributed by atoms with Crippen molar-refractivity contribution in [1.29, 1.82) is 0 Å². The number of allylic oxidation sites excluding steroid dienone is 1. The lowest BCUT2D eigenvalue weighted by Crippen LogP contribution is -2.40. The van der Waals surface area contributed by atoms with E-state index < -0.39 is 12.0 Å². The number of hydrogen-bond donors (Lipinski definition) is 0. The molecule has 1 aliphatic rings. The van der Waals surface area contributed by atoms with Crippen LogP contribution in [0.1, 0.15) is 24.1 Å². The van der Waals surface area contributed by atoms with Gasteiger partial charge in [-0.25, -0.2) is 9.79 Å². The van der Waals surface area contributed by atoms with Crippen LogP contribution in [0.4, 0.5) is 0 Å².